The molecule has 0 aliphatic carbocycles. The topological polar surface area (TPSA) is 128 Å². The molecule has 2 aromatic carbocycles. The summed E-state index contributed by atoms with van der Waals surface area (Å²) in [5.41, 5.74) is 5.37. The number of aromatic nitrogens is 3. The van der Waals surface area contributed by atoms with Gasteiger partial charge in [-0.3, -0.25) is 4.90 Å². The van der Waals surface area contributed by atoms with Crippen LogP contribution in [0, 0.1) is 0 Å². The largest absolute Gasteiger partial charge is 0.573 e. The van der Waals surface area contributed by atoms with E-state index in [9.17, 15) is 26.2 Å². The summed E-state index contributed by atoms with van der Waals surface area (Å²) in [7, 11) is -6.96. The molecule has 0 radical (unpaired) electrons. The first-order valence-electron chi connectivity index (χ1n) is 10.3. The van der Waals surface area contributed by atoms with Crippen LogP contribution < -0.4 is 20.7 Å². The van der Waals surface area contributed by atoms with E-state index in [-0.39, 0.29) is 38.5 Å². The fourth-order valence-electron chi connectivity index (χ4n) is 3.12. The lowest BCUT2D eigenvalue weighted by Gasteiger charge is -2.28. The summed E-state index contributed by atoms with van der Waals surface area (Å²) in [5.74, 6) is -1.44. The van der Waals surface area contributed by atoms with Crippen molar-refractivity contribution >= 4 is 57.0 Å². The third kappa shape index (κ3) is 5.91. The van der Waals surface area contributed by atoms with E-state index in [0.717, 1.165) is 11.0 Å². The van der Waals surface area contributed by atoms with Crippen LogP contribution in [0.15, 0.2) is 47.4 Å². The number of halogens is 4. The van der Waals surface area contributed by atoms with Crippen LogP contribution >= 0.6 is 18.7 Å². The van der Waals surface area contributed by atoms with Crippen LogP contribution in [0.2, 0.25) is 5.15 Å². The van der Waals surface area contributed by atoms with Crippen LogP contribution in [-0.2, 0) is 14.4 Å². The third-order valence-corrected chi connectivity index (χ3v) is 8.91. The number of ether oxygens (including phenoxy) is 1. The van der Waals surface area contributed by atoms with Gasteiger partial charge < -0.3 is 15.0 Å². The highest BCUT2D eigenvalue weighted by atomic mass is 35.5. The highest BCUT2D eigenvalue weighted by Gasteiger charge is 2.36. The summed E-state index contributed by atoms with van der Waals surface area (Å²) in [5, 5.41) is 6.47. The van der Waals surface area contributed by atoms with Crippen molar-refractivity contribution in [1.29, 1.82) is 0 Å². The molecule has 3 rings (SSSR count). The van der Waals surface area contributed by atoms with Crippen LogP contribution in [-0.4, -0.2) is 48.5 Å². The van der Waals surface area contributed by atoms with Gasteiger partial charge in [0.15, 0.2) is 26.6 Å². The molecule has 3 aromatic rings. The SMILES string of the molecule is CC(C)S(=O)(=O)c1ccccc1N(c1nnc(Cl)c(N)n1)c1ccc(P(C)(C)=O)cc1OC(F)(F)F. The Kier molecular flexibility index (Phi) is 7.59. The smallest absolute Gasteiger partial charge is 0.404 e. The summed E-state index contributed by atoms with van der Waals surface area (Å²) in [4.78, 5) is 4.81. The molecule has 0 bridgehead atoms. The van der Waals surface area contributed by atoms with Crippen molar-refractivity contribution in [3.8, 4) is 5.75 Å². The van der Waals surface area contributed by atoms with Crippen molar-refractivity contribution in [2.24, 2.45) is 0 Å². The van der Waals surface area contributed by atoms with E-state index in [0.29, 0.717) is 0 Å². The number of anilines is 4. The normalized spacial score (nSPS) is 12.6. The molecular weight excluding hydrogens is 542 g/mol. The predicted molar refractivity (Wildman–Crippen MR) is 132 cm³/mol. The van der Waals surface area contributed by atoms with Crippen LogP contribution in [0.5, 0.6) is 5.75 Å². The number of rotatable bonds is 7. The van der Waals surface area contributed by atoms with Crippen LogP contribution in [0.3, 0.4) is 0 Å². The zero-order valence-corrected chi connectivity index (χ0v) is 22.0. The van der Waals surface area contributed by atoms with Crippen molar-refractivity contribution in [1.82, 2.24) is 15.2 Å². The molecule has 0 aliphatic heterocycles. The Balaban J connectivity index is 2.43. The van der Waals surface area contributed by atoms with Gasteiger partial charge in [-0.1, -0.05) is 23.7 Å². The number of alkyl halides is 3. The number of nitrogens with two attached hydrogens (primary N) is 1. The zero-order chi connectivity index (χ0) is 27.1. The molecule has 0 aliphatic rings. The Morgan fingerprint density at radius 2 is 1.72 bits per heavy atom. The Bertz CT molecular complexity index is 1450. The highest BCUT2D eigenvalue weighted by molar-refractivity contribution is 7.92. The summed E-state index contributed by atoms with van der Waals surface area (Å²) < 4.78 is 83.5. The van der Waals surface area contributed by atoms with E-state index in [2.05, 4.69) is 19.9 Å². The first-order chi connectivity index (χ1) is 16.5. The number of nitrogen functional groups attached to an aromatic ring is 1. The van der Waals surface area contributed by atoms with E-state index in [1.165, 1.54) is 63.6 Å². The average molecular weight is 564 g/mol. The second-order valence-corrected chi connectivity index (χ2v) is 14.3. The molecule has 0 spiro atoms. The molecule has 9 nitrogen and oxygen atoms in total. The molecule has 0 unspecified atom stereocenters. The Labute approximate surface area is 210 Å². The Hall–Kier alpha value is -2.89. The molecule has 0 amide bonds. The molecule has 1 aromatic heterocycles. The molecule has 15 heteroatoms. The minimum absolute atomic E-state index is 0.0920. The van der Waals surface area contributed by atoms with Crippen LogP contribution in [0.1, 0.15) is 13.8 Å². The number of hydrogen-bond acceptors (Lipinski definition) is 9. The van der Waals surface area contributed by atoms with Gasteiger partial charge in [0.25, 0.3) is 5.95 Å². The first kappa shape index (κ1) is 27.7. The number of para-hydroxylation sites is 1. The summed E-state index contributed by atoms with van der Waals surface area (Å²) in [6.07, 6.45) is -5.13. The monoisotopic (exact) mass is 563 g/mol. The van der Waals surface area contributed by atoms with Gasteiger partial charge in [-0.2, -0.15) is 4.98 Å². The van der Waals surface area contributed by atoms with Gasteiger partial charge >= 0.3 is 6.36 Å². The van der Waals surface area contributed by atoms with E-state index in [1.807, 2.05) is 0 Å². The van der Waals surface area contributed by atoms with Crippen molar-refractivity contribution in [3.63, 3.8) is 0 Å². The molecule has 194 valence electrons. The van der Waals surface area contributed by atoms with E-state index in [1.54, 1.807) is 0 Å². The lowest BCUT2D eigenvalue weighted by atomic mass is 10.2. The van der Waals surface area contributed by atoms with Crippen molar-refractivity contribution in [2.45, 2.75) is 30.4 Å². The van der Waals surface area contributed by atoms with E-state index >= 15 is 0 Å². The molecular formula is C21H22ClF3N5O4PS. The van der Waals surface area contributed by atoms with Crippen molar-refractivity contribution < 1.29 is 30.9 Å². The number of hydrogen-bond donors (Lipinski definition) is 1. The molecule has 0 saturated heterocycles. The standard InChI is InChI=1S/C21H22ClF3N5O4PS/c1-12(2)36(32,33)17-8-6-5-7-15(17)30(20-27-19(26)18(22)28-29-20)14-10-9-13(35(3,4)31)11-16(14)34-21(23,24)25/h5-12H,1-4H3,(H2,26,27,29). The van der Waals surface area contributed by atoms with E-state index < -0.39 is 34.3 Å². The maximum absolute atomic E-state index is 13.4. The molecule has 0 atom stereocenters. The van der Waals surface area contributed by atoms with Crippen LogP contribution in [0.4, 0.5) is 36.3 Å². The Morgan fingerprint density at radius 3 is 2.28 bits per heavy atom. The fraction of sp³-hybridized carbons (Fsp3) is 0.286. The number of nitrogens with zero attached hydrogens (tertiary/aromatic N) is 4. The molecule has 1 heterocycles. The summed E-state index contributed by atoms with van der Waals surface area (Å²) in [6, 6.07) is 9.13. The quantitative estimate of drug-likeness (QED) is 0.399. The minimum atomic E-state index is -5.13. The minimum Gasteiger partial charge on any atom is -0.404 e. The highest BCUT2D eigenvalue weighted by Crippen LogP contribution is 2.45. The number of benzene rings is 2. The van der Waals surface area contributed by atoms with Gasteiger partial charge in [0, 0.05) is 5.30 Å². The van der Waals surface area contributed by atoms with Gasteiger partial charge in [-0.15, -0.1) is 23.4 Å². The second-order valence-electron chi connectivity index (χ2n) is 8.24. The van der Waals surface area contributed by atoms with Gasteiger partial charge in [0.2, 0.25) is 0 Å². The second kappa shape index (κ2) is 9.87. The van der Waals surface area contributed by atoms with Crippen molar-refractivity contribution in [3.05, 3.63) is 47.6 Å². The zero-order valence-electron chi connectivity index (χ0n) is 19.5. The third-order valence-electron chi connectivity index (χ3n) is 4.92. The Morgan fingerprint density at radius 1 is 1.08 bits per heavy atom. The van der Waals surface area contributed by atoms with Crippen molar-refractivity contribution in [2.75, 3.05) is 24.0 Å². The first-order valence-corrected chi connectivity index (χ1v) is 14.8. The van der Waals surface area contributed by atoms with Gasteiger partial charge in [-0.05, 0) is 57.5 Å². The molecule has 0 fully saturated rings. The lowest BCUT2D eigenvalue weighted by molar-refractivity contribution is -0.274. The van der Waals surface area contributed by atoms with Gasteiger partial charge in [0.05, 0.1) is 21.5 Å². The molecule has 0 saturated carbocycles. The van der Waals surface area contributed by atoms with E-state index in [4.69, 9.17) is 17.3 Å². The maximum Gasteiger partial charge on any atom is 0.573 e. The average Bonchev–Trinajstić information content (AvgIpc) is 2.75. The van der Waals surface area contributed by atoms with Gasteiger partial charge in [0.1, 0.15) is 7.14 Å². The fourth-order valence-corrected chi connectivity index (χ4v) is 5.29. The summed E-state index contributed by atoms with van der Waals surface area (Å²) >= 11 is 5.83. The molecule has 36 heavy (non-hydrogen) atoms. The van der Waals surface area contributed by atoms with Gasteiger partial charge in [-0.25, -0.2) is 8.42 Å². The molecule has 2 N–H and O–H groups in total. The summed E-state index contributed by atoms with van der Waals surface area (Å²) in [6.45, 7) is 5.69. The number of sulfone groups is 1. The maximum atomic E-state index is 13.4. The predicted octanol–water partition coefficient (Wildman–Crippen LogP) is 4.91. The van der Waals surface area contributed by atoms with Crippen LogP contribution in [0.25, 0.3) is 0 Å². The lowest BCUT2D eigenvalue weighted by Crippen LogP contribution is -2.24.